The Balaban J connectivity index is 1.94. The zero-order valence-electron chi connectivity index (χ0n) is 10.5. The van der Waals surface area contributed by atoms with Crippen molar-refractivity contribution in [2.24, 2.45) is 0 Å². The van der Waals surface area contributed by atoms with E-state index in [0.717, 1.165) is 6.42 Å². The zero-order valence-corrected chi connectivity index (χ0v) is 10.5. The van der Waals surface area contributed by atoms with Gasteiger partial charge in [0.2, 0.25) is 0 Å². The van der Waals surface area contributed by atoms with Crippen molar-refractivity contribution in [3.8, 4) is 0 Å². The minimum absolute atomic E-state index is 0.196. The Bertz CT molecular complexity index is 354. The number of aliphatic hydroxyl groups is 1. The molecular weight excluding hydrogens is 238 g/mol. The third-order valence-electron chi connectivity index (χ3n) is 3.56. The predicted molar refractivity (Wildman–Crippen MR) is 62.0 cm³/mol. The fourth-order valence-electron chi connectivity index (χ4n) is 2.61. The van der Waals surface area contributed by atoms with Crippen LogP contribution in [0.5, 0.6) is 0 Å². The Morgan fingerprint density at radius 1 is 1.33 bits per heavy atom. The quantitative estimate of drug-likeness (QED) is 0.726. The summed E-state index contributed by atoms with van der Waals surface area (Å²) in [7, 11) is 0. The molecule has 3 atom stereocenters. The second-order valence-corrected chi connectivity index (χ2v) is 5.39. The van der Waals surface area contributed by atoms with Gasteiger partial charge in [0, 0.05) is 13.1 Å². The van der Waals surface area contributed by atoms with Gasteiger partial charge in [-0.25, -0.2) is 4.79 Å². The lowest BCUT2D eigenvalue weighted by Gasteiger charge is -2.37. The summed E-state index contributed by atoms with van der Waals surface area (Å²) >= 11 is 0. The first-order valence-electron chi connectivity index (χ1n) is 6.28. The smallest absolute Gasteiger partial charge is 0.332 e. The largest absolute Gasteiger partial charge is 0.479 e. The number of hydrogen-bond donors (Lipinski definition) is 2. The number of piperidine rings is 1. The van der Waals surface area contributed by atoms with Crippen LogP contribution in [0.3, 0.4) is 0 Å². The summed E-state index contributed by atoms with van der Waals surface area (Å²) in [5.41, 5.74) is -0.848. The van der Waals surface area contributed by atoms with Gasteiger partial charge in [0.25, 0.3) is 5.91 Å². The van der Waals surface area contributed by atoms with Gasteiger partial charge in [-0.2, -0.15) is 0 Å². The SMILES string of the molecule is CC1(O)CCCN(C(=O)[C@@H]2CC[C@H](C(=O)O)O2)C1. The number of carbonyl (C=O) groups is 2. The standard InChI is InChI=1S/C12H19NO5/c1-12(17)5-2-6-13(7-12)10(14)8-3-4-9(18-8)11(15)16/h8-9,17H,2-7H2,1H3,(H,15,16)/t8-,9+,12?/m0/s1. The molecule has 1 unspecified atom stereocenters. The minimum atomic E-state index is -1.02. The van der Waals surface area contributed by atoms with Crippen LogP contribution in [0.2, 0.25) is 0 Å². The molecule has 2 rings (SSSR count). The van der Waals surface area contributed by atoms with Gasteiger partial charge in [0.1, 0.15) is 6.10 Å². The molecule has 2 N–H and O–H groups in total. The number of carboxylic acid groups (broad SMARTS) is 1. The van der Waals surface area contributed by atoms with Crippen LogP contribution in [-0.4, -0.2) is 57.9 Å². The van der Waals surface area contributed by atoms with E-state index in [1.54, 1.807) is 11.8 Å². The second kappa shape index (κ2) is 4.85. The normalized spacial score (nSPS) is 36.7. The lowest BCUT2D eigenvalue weighted by atomic mass is 9.95. The Labute approximate surface area is 106 Å². The van der Waals surface area contributed by atoms with E-state index in [2.05, 4.69) is 0 Å². The van der Waals surface area contributed by atoms with Crippen LogP contribution in [0.4, 0.5) is 0 Å². The molecule has 0 aliphatic carbocycles. The van der Waals surface area contributed by atoms with E-state index in [0.29, 0.717) is 32.4 Å². The maximum Gasteiger partial charge on any atom is 0.332 e. The molecule has 2 aliphatic rings. The van der Waals surface area contributed by atoms with Gasteiger partial charge in [-0.3, -0.25) is 4.79 Å². The van der Waals surface area contributed by atoms with Crippen molar-refractivity contribution < 1.29 is 24.5 Å². The molecule has 2 saturated heterocycles. The number of aliphatic carboxylic acids is 1. The average Bonchev–Trinajstić information content (AvgIpc) is 2.76. The van der Waals surface area contributed by atoms with Crippen molar-refractivity contribution in [3.63, 3.8) is 0 Å². The van der Waals surface area contributed by atoms with Crippen molar-refractivity contribution in [3.05, 3.63) is 0 Å². The van der Waals surface area contributed by atoms with E-state index in [4.69, 9.17) is 9.84 Å². The lowest BCUT2D eigenvalue weighted by Crippen LogP contribution is -2.51. The van der Waals surface area contributed by atoms with Crippen molar-refractivity contribution in [2.45, 2.75) is 50.4 Å². The molecule has 0 spiro atoms. The maximum absolute atomic E-state index is 12.2. The van der Waals surface area contributed by atoms with Crippen LogP contribution in [0, 0.1) is 0 Å². The first-order chi connectivity index (χ1) is 8.39. The highest BCUT2D eigenvalue weighted by molar-refractivity contribution is 5.83. The summed E-state index contributed by atoms with van der Waals surface area (Å²) in [5.74, 6) is -1.21. The van der Waals surface area contributed by atoms with E-state index in [1.807, 2.05) is 0 Å². The molecular formula is C12H19NO5. The van der Waals surface area contributed by atoms with E-state index in [9.17, 15) is 14.7 Å². The molecule has 0 aromatic heterocycles. The number of hydrogen-bond acceptors (Lipinski definition) is 4. The first kappa shape index (κ1) is 13.3. The summed E-state index contributed by atoms with van der Waals surface area (Å²) in [5, 5.41) is 18.8. The van der Waals surface area contributed by atoms with E-state index >= 15 is 0 Å². The third-order valence-corrected chi connectivity index (χ3v) is 3.56. The van der Waals surface area contributed by atoms with Gasteiger partial charge in [-0.1, -0.05) is 0 Å². The molecule has 1 amide bonds. The molecule has 0 bridgehead atoms. The van der Waals surface area contributed by atoms with Crippen molar-refractivity contribution in [1.82, 2.24) is 4.90 Å². The number of β-amino-alcohol motifs (C(OH)–C–C–N with tert-alkyl or cyclic N) is 1. The lowest BCUT2D eigenvalue weighted by molar-refractivity contribution is -0.157. The summed E-state index contributed by atoms with van der Waals surface area (Å²) < 4.78 is 5.23. The number of amides is 1. The molecule has 18 heavy (non-hydrogen) atoms. The maximum atomic E-state index is 12.2. The number of likely N-dealkylation sites (tertiary alicyclic amines) is 1. The highest BCUT2D eigenvalue weighted by Gasteiger charge is 2.39. The van der Waals surface area contributed by atoms with E-state index in [-0.39, 0.29) is 5.91 Å². The average molecular weight is 257 g/mol. The number of ether oxygens (including phenoxy) is 1. The molecule has 6 heteroatoms. The van der Waals surface area contributed by atoms with Gasteiger partial charge in [0.15, 0.2) is 6.10 Å². The molecule has 2 heterocycles. The number of rotatable bonds is 2. The van der Waals surface area contributed by atoms with Gasteiger partial charge in [-0.15, -0.1) is 0 Å². The van der Waals surface area contributed by atoms with Crippen LogP contribution in [0.1, 0.15) is 32.6 Å². The van der Waals surface area contributed by atoms with Gasteiger partial charge < -0.3 is 19.8 Å². The van der Waals surface area contributed by atoms with Crippen molar-refractivity contribution in [2.75, 3.05) is 13.1 Å². The number of carbonyl (C=O) groups excluding carboxylic acids is 1. The Hall–Kier alpha value is -1.14. The first-order valence-corrected chi connectivity index (χ1v) is 6.28. The monoisotopic (exact) mass is 257 g/mol. The molecule has 0 aromatic carbocycles. The second-order valence-electron chi connectivity index (χ2n) is 5.39. The van der Waals surface area contributed by atoms with Crippen LogP contribution in [0.15, 0.2) is 0 Å². The molecule has 0 aromatic rings. The molecule has 2 fully saturated rings. The Kier molecular flexibility index (Phi) is 3.59. The number of nitrogens with zero attached hydrogens (tertiary/aromatic N) is 1. The van der Waals surface area contributed by atoms with Crippen LogP contribution in [0.25, 0.3) is 0 Å². The molecule has 102 valence electrons. The molecule has 0 radical (unpaired) electrons. The van der Waals surface area contributed by atoms with Crippen molar-refractivity contribution >= 4 is 11.9 Å². The highest BCUT2D eigenvalue weighted by atomic mass is 16.5. The Morgan fingerprint density at radius 3 is 2.56 bits per heavy atom. The van der Waals surface area contributed by atoms with Crippen molar-refractivity contribution in [1.29, 1.82) is 0 Å². The molecule has 6 nitrogen and oxygen atoms in total. The fourth-order valence-corrected chi connectivity index (χ4v) is 2.61. The summed E-state index contributed by atoms with van der Waals surface area (Å²) in [4.78, 5) is 24.5. The highest BCUT2D eigenvalue weighted by Crippen LogP contribution is 2.25. The van der Waals surface area contributed by atoms with Crippen LogP contribution in [-0.2, 0) is 14.3 Å². The number of carboxylic acids is 1. The van der Waals surface area contributed by atoms with Crippen LogP contribution >= 0.6 is 0 Å². The molecule has 0 saturated carbocycles. The predicted octanol–water partition coefficient (Wildman–Crippen LogP) is -0.00800. The summed E-state index contributed by atoms with van der Waals surface area (Å²) in [6.07, 6.45) is 0.711. The van der Waals surface area contributed by atoms with Gasteiger partial charge in [0.05, 0.1) is 5.60 Å². The van der Waals surface area contributed by atoms with Crippen LogP contribution < -0.4 is 0 Å². The van der Waals surface area contributed by atoms with Gasteiger partial charge >= 0.3 is 5.97 Å². The van der Waals surface area contributed by atoms with E-state index in [1.165, 1.54) is 0 Å². The summed E-state index contributed by atoms with van der Waals surface area (Å²) in [6, 6.07) is 0. The zero-order chi connectivity index (χ0) is 13.3. The third kappa shape index (κ3) is 2.81. The topological polar surface area (TPSA) is 87.1 Å². The van der Waals surface area contributed by atoms with Gasteiger partial charge in [-0.05, 0) is 32.6 Å². The molecule has 2 aliphatic heterocycles. The minimum Gasteiger partial charge on any atom is -0.479 e. The Morgan fingerprint density at radius 2 is 2.00 bits per heavy atom. The van der Waals surface area contributed by atoms with E-state index < -0.39 is 23.8 Å². The summed E-state index contributed by atoms with van der Waals surface area (Å²) in [6.45, 7) is 2.61. The fraction of sp³-hybridized carbons (Fsp3) is 0.833.